The van der Waals surface area contributed by atoms with Gasteiger partial charge in [0.1, 0.15) is 16.9 Å². The topological polar surface area (TPSA) is 70.7 Å². The number of benzene rings is 2. The van der Waals surface area contributed by atoms with Crippen LogP contribution in [0.1, 0.15) is 11.1 Å². The van der Waals surface area contributed by atoms with Crippen molar-refractivity contribution in [3.63, 3.8) is 0 Å². The summed E-state index contributed by atoms with van der Waals surface area (Å²) >= 11 is 4.86. The van der Waals surface area contributed by atoms with Crippen LogP contribution >= 0.6 is 27.7 Å². The first-order valence-electron chi connectivity index (χ1n) is 8.43. The molecule has 0 aliphatic heterocycles. The number of halogens is 1. The number of fused-ring (bicyclic) bond motifs is 3. The second-order valence-electron chi connectivity index (χ2n) is 6.38. The molecule has 5 nitrogen and oxygen atoms in total. The highest BCUT2D eigenvalue weighted by molar-refractivity contribution is 9.10. The molecular weight excluding hydrogens is 424 g/mol. The Kier molecular flexibility index (Phi) is 4.88. The van der Waals surface area contributed by atoms with E-state index in [-0.39, 0.29) is 11.7 Å². The minimum absolute atomic E-state index is 0.0690. The highest BCUT2D eigenvalue weighted by Crippen LogP contribution is 2.30. The van der Waals surface area contributed by atoms with Crippen molar-refractivity contribution in [2.75, 3.05) is 11.1 Å². The lowest BCUT2D eigenvalue weighted by Crippen LogP contribution is -2.14. The van der Waals surface area contributed by atoms with Crippen molar-refractivity contribution in [3.05, 3.63) is 58.3 Å². The van der Waals surface area contributed by atoms with Crippen LogP contribution in [0.5, 0.6) is 0 Å². The molecule has 0 radical (unpaired) electrons. The third-order valence-electron chi connectivity index (χ3n) is 4.28. The van der Waals surface area contributed by atoms with Gasteiger partial charge in [-0.1, -0.05) is 39.3 Å². The van der Waals surface area contributed by atoms with Crippen LogP contribution in [0.2, 0.25) is 0 Å². The molecule has 0 aliphatic carbocycles. The lowest BCUT2D eigenvalue weighted by atomic mass is 10.2. The summed E-state index contributed by atoms with van der Waals surface area (Å²) in [6, 6.07) is 12.0. The fraction of sp³-hybridized carbons (Fsp3) is 0.150. The van der Waals surface area contributed by atoms with E-state index >= 15 is 0 Å². The molecule has 7 heteroatoms. The van der Waals surface area contributed by atoms with Gasteiger partial charge in [-0.25, -0.2) is 9.97 Å². The minimum atomic E-state index is -0.0690. The second kappa shape index (κ2) is 7.32. The molecule has 0 bridgehead atoms. The maximum Gasteiger partial charge on any atom is 0.234 e. The van der Waals surface area contributed by atoms with Crippen LogP contribution in [0.4, 0.5) is 5.69 Å². The number of thioether (sulfide) groups is 1. The number of nitrogens with zero attached hydrogens (tertiary/aromatic N) is 2. The Bertz CT molecular complexity index is 1170. The van der Waals surface area contributed by atoms with E-state index in [4.69, 9.17) is 0 Å². The van der Waals surface area contributed by atoms with Gasteiger partial charge in [0, 0.05) is 21.1 Å². The van der Waals surface area contributed by atoms with E-state index in [1.807, 2.05) is 31.2 Å². The molecule has 0 unspecified atom stereocenters. The van der Waals surface area contributed by atoms with Gasteiger partial charge >= 0.3 is 0 Å². The summed E-state index contributed by atoms with van der Waals surface area (Å²) < 4.78 is 1.02. The van der Waals surface area contributed by atoms with E-state index in [0.29, 0.717) is 0 Å². The Labute approximate surface area is 169 Å². The number of amides is 1. The molecule has 1 amide bonds. The molecule has 27 heavy (non-hydrogen) atoms. The van der Waals surface area contributed by atoms with Crippen molar-refractivity contribution in [1.82, 2.24) is 15.0 Å². The number of rotatable bonds is 4. The summed E-state index contributed by atoms with van der Waals surface area (Å²) in [5, 5.41) is 4.78. The van der Waals surface area contributed by atoms with Crippen molar-refractivity contribution in [2.45, 2.75) is 18.9 Å². The monoisotopic (exact) mass is 440 g/mol. The molecule has 0 saturated heterocycles. The normalized spacial score (nSPS) is 11.2. The standard InChI is InChI=1S/C20H17BrN4OS/c1-11-3-6-16-14(7-11)18-19(25-16)20(23-10-22-18)27-9-17(26)24-13-4-5-15(21)12(2)8-13/h3-8,10,25H,9H2,1-2H3,(H,24,26). The van der Waals surface area contributed by atoms with Gasteiger partial charge < -0.3 is 10.3 Å². The molecule has 0 saturated carbocycles. The lowest BCUT2D eigenvalue weighted by Gasteiger charge is -2.07. The number of carbonyl (C=O) groups excluding carboxylic acids is 1. The smallest absolute Gasteiger partial charge is 0.234 e. The number of aryl methyl sites for hydroxylation is 2. The summed E-state index contributed by atoms with van der Waals surface area (Å²) in [6.07, 6.45) is 1.55. The first-order valence-corrected chi connectivity index (χ1v) is 10.2. The summed E-state index contributed by atoms with van der Waals surface area (Å²) in [4.78, 5) is 24.5. The van der Waals surface area contributed by atoms with Crippen LogP contribution in [0, 0.1) is 13.8 Å². The molecule has 2 aromatic heterocycles. The molecular formula is C20H17BrN4OS. The molecule has 136 valence electrons. The van der Waals surface area contributed by atoms with Crippen molar-refractivity contribution in [1.29, 1.82) is 0 Å². The number of H-pyrrole nitrogens is 1. The van der Waals surface area contributed by atoms with Crippen molar-refractivity contribution < 1.29 is 4.79 Å². The average Bonchev–Trinajstić information content (AvgIpc) is 3.01. The second-order valence-corrected chi connectivity index (χ2v) is 8.20. The van der Waals surface area contributed by atoms with Crippen molar-refractivity contribution >= 4 is 61.2 Å². The van der Waals surface area contributed by atoms with Crippen LogP contribution in [-0.2, 0) is 4.79 Å². The number of hydrogen-bond donors (Lipinski definition) is 2. The van der Waals surface area contributed by atoms with E-state index in [1.165, 1.54) is 17.3 Å². The fourth-order valence-electron chi connectivity index (χ4n) is 2.95. The number of aromatic amines is 1. The maximum absolute atomic E-state index is 12.3. The average molecular weight is 441 g/mol. The lowest BCUT2D eigenvalue weighted by molar-refractivity contribution is -0.113. The van der Waals surface area contributed by atoms with E-state index in [2.05, 4.69) is 55.3 Å². The van der Waals surface area contributed by atoms with Gasteiger partial charge in [-0.05, 0) is 49.7 Å². The summed E-state index contributed by atoms with van der Waals surface area (Å²) in [5.41, 5.74) is 5.82. The maximum atomic E-state index is 12.3. The quantitative estimate of drug-likeness (QED) is 0.337. The van der Waals surface area contributed by atoms with Crippen LogP contribution < -0.4 is 5.32 Å². The summed E-state index contributed by atoms with van der Waals surface area (Å²) in [5.74, 6) is 0.204. The minimum Gasteiger partial charge on any atom is -0.351 e. The van der Waals surface area contributed by atoms with Gasteiger partial charge in [0.2, 0.25) is 5.91 Å². The van der Waals surface area contributed by atoms with Crippen LogP contribution in [-0.4, -0.2) is 26.6 Å². The Balaban J connectivity index is 1.54. The first-order chi connectivity index (χ1) is 13.0. The number of anilines is 1. The third-order valence-corrected chi connectivity index (χ3v) is 6.16. The zero-order chi connectivity index (χ0) is 19.0. The van der Waals surface area contributed by atoms with Gasteiger partial charge in [-0.2, -0.15) is 0 Å². The molecule has 2 N–H and O–H groups in total. The Morgan fingerprint density at radius 3 is 2.85 bits per heavy atom. The number of aromatic nitrogens is 3. The van der Waals surface area contributed by atoms with Crippen molar-refractivity contribution in [2.24, 2.45) is 0 Å². The van der Waals surface area contributed by atoms with E-state index in [9.17, 15) is 4.79 Å². The zero-order valence-electron chi connectivity index (χ0n) is 14.8. The van der Waals surface area contributed by atoms with Gasteiger partial charge in [-0.3, -0.25) is 4.79 Å². The number of nitrogens with one attached hydrogen (secondary N) is 2. The molecule has 4 aromatic rings. The molecule has 0 spiro atoms. The van der Waals surface area contributed by atoms with Gasteiger partial charge in [-0.15, -0.1) is 0 Å². The number of hydrogen-bond acceptors (Lipinski definition) is 4. The van der Waals surface area contributed by atoms with Crippen LogP contribution in [0.25, 0.3) is 21.9 Å². The highest BCUT2D eigenvalue weighted by Gasteiger charge is 2.13. The van der Waals surface area contributed by atoms with E-state index < -0.39 is 0 Å². The van der Waals surface area contributed by atoms with E-state index in [1.54, 1.807) is 6.33 Å². The Morgan fingerprint density at radius 2 is 2.04 bits per heavy atom. The first kappa shape index (κ1) is 18.0. The zero-order valence-corrected chi connectivity index (χ0v) is 17.2. The predicted molar refractivity (Wildman–Crippen MR) is 114 cm³/mol. The molecule has 0 aliphatic rings. The summed E-state index contributed by atoms with van der Waals surface area (Å²) in [6.45, 7) is 4.05. The van der Waals surface area contributed by atoms with E-state index in [0.717, 1.165) is 42.7 Å². The largest absolute Gasteiger partial charge is 0.351 e. The third kappa shape index (κ3) is 3.70. The van der Waals surface area contributed by atoms with Crippen LogP contribution in [0.3, 0.4) is 0 Å². The molecule has 0 fully saturated rings. The van der Waals surface area contributed by atoms with Crippen molar-refractivity contribution in [3.8, 4) is 0 Å². The van der Waals surface area contributed by atoms with Crippen LogP contribution in [0.15, 0.2) is 52.2 Å². The Hall–Kier alpha value is -2.38. The molecule has 2 heterocycles. The highest BCUT2D eigenvalue weighted by atomic mass is 79.9. The Morgan fingerprint density at radius 1 is 1.19 bits per heavy atom. The SMILES string of the molecule is Cc1ccc2[nH]c3c(SCC(=O)Nc4ccc(Br)c(C)c4)ncnc3c2c1. The van der Waals surface area contributed by atoms with Gasteiger partial charge in [0.05, 0.1) is 11.3 Å². The molecule has 0 atom stereocenters. The predicted octanol–water partition coefficient (Wildman–Crippen LogP) is 5.22. The summed E-state index contributed by atoms with van der Waals surface area (Å²) in [7, 11) is 0. The fourth-order valence-corrected chi connectivity index (χ4v) is 3.95. The number of carbonyl (C=O) groups is 1. The van der Waals surface area contributed by atoms with Gasteiger partial charge in [0.15, 0.2) is 0 Å². The van der Waals surface area contributed by atoms with Gasteiger partial charge in [0.25, 0.3) is 0 Å². The molecule has 4 rings (SSSR count). The molecule has 2 aromatic carbocycles.